The molecule has 16 heavy (non-hydrogen) atoms. The normalized spacial score (nSPS) is 24.9. The van der Waals surface area contributed by atoms with Crippen molar-refractivity contribution in [1.29, 1.82) is 0 Å². The summed E-state index contributed by atoms with van der Waals surface area (Å²) in [5.41, 5.74) is 3.98. The van der Waals surface area contributed by atoms with Gasteiger partial charge in [-0.15, -0.1) is 0 Å². The summed E-state index contributed by atoms with van der Waals surface area (Å²) in [6.07, 6.45) is 3.66. The number of ether oxygens (including phenoxy) is 1. The summed E-state index contributed by atoms with van der Waals surface area (Å²) in [7, 11) is 0. The van der Waals surface area contributed by atoms with Gasteiger partial charge in [-0.1, -0.05) is 18.2 Å². The summed E-state index contributed by atoms with van der Waals surface area (Å²) in [6, 6.07) is 6.42. The number of fused-ring (bicyclic) bond motifs is 1. The maximum Gasteiger partial charge on any atom is 0.0681 e. The lowest BCUT2D eigenvalue weighted by Gasteiger charge is -2.36. The van der Waals surface area contributed by atoms with Crippen LogP contribution in [0.4, 0.5) is 0 Å². The first-order valence-corrected chi connectivity index (χ1v) is 6.16. The van der Waals surface area contributed by atoms with E-state index in [-0.39, 0.29) is 6.61 Å². The SMILES string of the molecule is OCc1ccc2c(c1)CCC(C1COC1)C2. The predicted octanol–water partition coefficient (Wildman–Crippen LogP) is 1.93. The highest BCUT2D eigenvalue weighted by Gasteiger charge is 2.30. The third-order valence-corrected chi connectivity index (χ3v) is 4.05. The molecule has 3 rings (SSSR count). The summed E-state index contributed by atoms with van der Waals surface area (Å²) in [5, 5.41) is 9.11. The molecule has 0 saturated carbocycles. The smallest absolute Gasteiger partial charge is 0.0681 e. The zero-order valence-corrected chi connectivity index (χ0v) is 9.48. The molecule has 1 aliphatic carbocycles. The standard InChI is InChI=1S/C14H18O2/c15-7-10-1-2-12-6-13(14-8-16-9-14)4-3-11(12)5-10/h1-2,5,13-15H,3-4,6-9H2. The fourth-order valence-electron chi connectivity index (χ4n) is 2.86. The van der Waals surface area contributed by atoms with Crippen molar-refractivity contribution in [1.82, 2.24) is 0 Å². The number of aliphatic hydroxyl groups is 1. The van der Waals surface area contributed by atoms with E-state index in [1.54, 1.807) is 0 Å². The van der Waals surface area contributed by atoms with E-state index >= 15 is 0 Å². The minimum absolute atomic E-state index is 0.160. The Kier molecular flexibility index (Phi) is 2.70. The predicted molar refractivity (Wildman–Crippen MR) is 62.2 cm³/mol. The van der Waals surface area contributed by atoms with E-state index in [4.69, 9.17) is 9.84 Å². The molecule has 1 fully saturated rings. The Morgan fingerprint density at radius 2 is 2.06 bits per heavy atom. The molecule has 1 aromatic rings. The molecule has 0 aromatic heterocycles. The van der Waals surface area contributed by atoms with Gasteiger partial charge in [0.05, 0.1) is 19.8 Å². The lowest BCUT2D eigenvalue weighted by Crippen LogP contribution is -2.37. The van der Waals surface area contributed by atoms with Gasteiger partial charge in [0, 0.05) is 5.92 Å². The van der Waals surface area contributed by atoms with Crippen LogP contribution in [0.5, 0.6) is 0 Å². The molecule has 1 N–H and O–H groups in total. The zero-order chi connectivity index (χ0) is 11.0. The molecule has 1 saturated heterocycles. The lowest BCUT2D eigenvalue weighted by atomic mass is 9.76. The van der Waals surface area contributed by atoms with E-state index in [1.165, 1.54) is 30.4 Å². The van der Waals surface area contributed by atoms with Crippen molar-refractivity contribution in [2.75, 3.05) is 13.2 Å². The van der Waals surface area contributed by atoms with E-state index in [9.17, 15) is 0 Å². The number of aryl methyl sites for hydroxylation is 1. The molecule has 86 valence electrons. The second-order valence-electron chi connectivity index (χ2n) is 5.06. The quantitative estimate of drug-likeness (QED) is 0.822. The number of rotatable bonds is 2. The molecule has 1 unspecified atom stereocenters. The molecule has 2 nitrogen and oxygen atoms in total. The van der Waals surface area contributed by atoms with Crippen molar-refractivity contribution in [3.05, 3.63) is 34.9 Å². The van der Waals surface area contributed by atoms with Gasteiger partial charge in [0.15, 0.2) is 0 Å². The maximum atomic E-state index is 9.11. The van der Waals surface area contributed by atoms with Gasteiger partial charge in [0.2, 0.25) is 0 Å². The van der Waals surface area contributed by atoms with Crippen LogP contribution < -0.4 is 0 Å². The van der Waals surface area contributed by atoms with Crippen LogP contribution in [0.1, 0.15) is 23.1 Å². The van der Waals surface area contributed by atoms with Crippen LogP contribution in [0.25, 0.3) is 0 Å². The highest BCUT2D eigenvalue weighted by atomic mass is 16.5. The first-order chi connectivity index (χ1) is 7.86. The Hall–Kier alpha value is -0.860. The van der Waals surface area contributed by atoms with E-state index in [1.807, 2.05) is 0 Å². The lowest BCUT2D eigenvalue weighted by molar-refractivity contribution is -0.0631. The summed E-state index contributed by atoms with van der Waals surface area (Å²) in [5.74, 6) is 1.62. The molecule has 1 aliphatic heterocycles. The second kappa shape index (κ2) is 4.19. The fourth-order valence-corrected chi connectivity index (χ4v) is 2.86. The van der Waals surface area contributed by atoms with Gasteiger partial charge in [0.25, 0.3) is 0 Å². The number of hydrogen-bond acceptors (Lipinski definition) is 2. The maximum absolute atomic E-state index is 9.11. The van der Waals surface area contributed by atoms with Gasteiger partial charge >= 0.3 is 0 Å². The summed E-state index contributed by atoms with van der Waals surface area (Å²) in [6.45, 7) is 2.09. The van der Waals surface area contributed by atoms with Crippen molar-refractivity contribution in [2.24, 2.45) is 11.8 Å². The van der Waals surface area contributed by atoms with E-state index in [0.29, 0.717) is 0 Å². The van der Waals surface area contributed by atoms with Gasteiger partial charge < -0.3 is 9.84 Å². The van der Waals surface area contributed by atoms with Gasteiger partial charge in [-0.25, -0.2) is 0 Å². The number of hydrogen-bond donors (Lipinski definition) is 1. The Bertz CT molecular complexity index is 382. The molecule has 2 heteroatoms. The van der Waals surface area contributed by atoms with Crippen LogP contribution in [0.2, 0.25) is 0 Å². The average Bonchev–Trinajstić information content (AvgIpc) is 2.26. The van der Waals surface area contributed by atoms with Crippen molar-refractivity contribution in [3.8, 4) is 0 Å². The highest BCUT2D eigenvalue weighted by molar-refractivity contribution is 5.34. The molecule has 1 heterocycles. The number of benzene rings is 1. The molecule has 1 aromatic carbocycles. The van der Waals surface area contributed by atoms with Gasteiger partial charge in [-0.05, 0) is 41.9 Å². The van der Waals surface area contributed by atoms with Crippen molar-refractivity contribution in [2.45, 2.75) is 25.9 Å². The minimum Gasteiger partial charge on any atom is -0.392 e. The summed E-state index contributed by atoms with van der Waals surface area (Å²) in [4.78, 5) is 0. The molecule has 0 spiro atoms. The molecular formula is C14H18O2. The van der Waals surface area contributed by atoms with Gasteiger partial charge in [-0.2, -0.15) is 0 Å². The first kappa shape index (κ1) is 10.3. The van der Waals surface area contributed by atoms with E-state index in [0.717, 1.165) is 30.6 Å². The molecule has 1 atom stereocenters. The number of aliphatic hydroxyl groups excluding tert-OH is 1. The summed E-state index contributed by atoms with van der Waals surface area (Å²) >= 11 is 0. The third-order valence-electron chi connectivity index (χ3n) is 4.05. The first-order valence-electron chi connectivity index (χ1n) is 6.16. The molecular weight excluding hydrogens is 200 g/mol. The van der Waals surface area contributed by atoms with Crippen LogP contribution in [0.3, 0.4) is 0 Å². The van der Waals surface area contributed by atoms with E-state index in [2.05, 4.69) is 18.2 Å². The minimum atomic E-state index is 0.160. The Labute approximate surface area is 96.2 Å². The van der Waals surface area contributed by atoms with Crippen LogP contribution >= 0.6 is 0 Å². The third kappa shape index (κ3) is 1.76. The van der Waals surface area contributed by atoms with Gasteiger partial charge in [-0.3, -0.25) is 0 Å². The van der Waals surface area contributed by atoms with Crippen LogP contribution in [0.15, 0.2) is 18.2 Å². The van der Waals surface area contributed by atoms with Crippen molar-refractivity contribution in [3.63, 3.8) is 0 Å². The Morgan fingerprint density at radius 3 is 2.75 bits per heavy atom. The zero-order valence-electron chi connectivity index (χ0n) is 9.48. The van der Waals surface area contributed by atoms with Crippen LogP contribution in [-0.2, 0) is 24.2 Å². The second-order valence-corrected chi connectivity index (χ2v) is 5.06. The van der Waals surface area contributed by atoms with Crippen LogP contribution in [-0.4, -0.2) is 18.3 Å². The Balaban J connectivity index is 1.78. The fraction of sp³-hybridized carbons (Fsp3) is 0.571. The molecule has 2 aliphatic rings. The van der Waals surface area contributed by atoms with Crippen molar-refractivity contribution < 1.29 is 9.84 Å². The monoisotopic (exact) mass is 218 g/mol. The topological polar surface area (TPSA) is 29.5 Å². The van der Waals surface area contributed by atoms with Gasteiger partial charge in [0.1, 0.15) is 0 Å². The highest BCUT2D eigenvalue weighted by Crippen LogP contribution is 2.33. The van der Waals surface area contributed by atoms with Crippen LogP contribution in [0, 0.1) is 11.8 Å². The summed E-state index contributed by atoms with van der Waals surface area (Å²) < 4.78 is 5.28. The molecule has 0 radical (unpaired) electrons. The van der Waals surface area contributed by atoms with E-state index < -0.39 is 0 Å². The average molecular weight is 218 g/mol. The Morgan fingerprint density at radius 1 is 1.19 bits per heavy atom. The molecule has 0 bridgehead atoms. The molecule has 0 amide bonds. The largest absolute Gasteiger partial charge is 0.392 e. The van der Waals surface area contributed by atoms with Crippen molar-refractivity contribution >= 4 is 0 Å².